The Morgan fingerprint density at radius 2 is 2.00 bits per heavy atom. The molecule has 2 heterocycles. The standard InChI is InChI=1S/C11H11N3O2/c15-9-3-1-7(2-4-9)10-13-11(16-14-10)8-5-12-6-8/h1-4,8,12,15H,5-6H2. The summed E-state index contributed by atoms with van der Waals surface area (Å²) in [7, 11) is 0. The van der Waals surface area contributed by atoms with Gasteiger partial charge in [0.05, 0.1) is 5.92 Å². The van der Waals surface area contributed by atoms with Crippen LogP contribution in [0.1, 0.15) is 11.8 Å². The summed E-state index contributed by atoms with van der Waals surface area (Å²) < 4.78 is 5.19. The van der Waals surface area contributed by atoms with Crippen molar-refractivity contribution in [2.24, 2.45) is 0 Å². The first-order chi connectivity index (χ1) is 7.83. The summed E-state index contributed by atoms with van der Waals surface area (Å²) in [6.07, 6.45) is 0. The summed E-state index contributed by atoms with van der Waals surface area (Å²) in [4.78, 5) is 4.33. The van der Waals surface area contributed by atoms with Crippen LogP contribution in [0.5, 0.6) is 5.75 Å². The van der Waals surface area contributed by atoms with Crippen LogP contribution in [0.25, 0.3) is 11.4 Å². The first kappa shape index (κ1) is 9.35. The molecule has 2 aromatic rings. The van der Waals surface area contributed by atoms with Crippen molar-refractivity contribution >= 4 is 0 Å². The third kappa shape index (κ3) is 1.55. The van der Waals surface area contributed by atoms with Gasteiger partial charge in [-0.25, -0.2) is 0 Å². The summed E-state index contributed by atoms with van der Waals surface area (Å²) in [5.41, 5.74) is 0.847. The first-order valence-electron chi connectivity index (χ1n) is 5.16. The molecule has 3 rings (SSSR count). The van der Waals surface area contributed by atoms with Crippen LogP contribution >= 0.6 is 0 Å². The quantitative estimate of drug-likeness (QED) is 0.789. The van der Waals surface area contributed by atoms with Gasteiger partial charge in [-0.3, -0.25) is 0 Å². The third-order valence-corrected chi connectivity index (χ3v) is 2.70. The predicted octanol–water partition coefficient (Wildman–Crippen LogP) is 1.13. The molecule has 0 bridgehead atoms. The molecular weight excluding hydrogens is 206 g/mol. The van der Waals surface area contributed by atoms with Crippen LogP contribution in [-0.4, -0.2) is 28.3 Å². The summed E-state index contributed by atoms with van der Waals surface area (Å²) in [6, 6.07) is 6.75. The Kier molecular flexibility index (Phi) is 2.11. The lowest BCUT2D eigenvalue weighted by atomic mass is 10.0. The Labute approximate surface area is 92.1 Å². The minimum Gasteiger partial charge on any atom is -0.508 e. The molecule has 2 N–H and O–H groups in total. The van der Waals surface area contributed by atoms with E-state index in [9.17, 15) is 5.11 Å². The zero-order valence-corrected chi connectivity index (χ0v) is 8.55. The van der Waals surface area contributed by atoms with Gasteiger partial charge in [-0.15, -0.1) is 0 Å². The normalized spacial score (nSPS) is 16.0. The second-order valence-electron chi connectivity index (χ2n) is 3.86. The Hall–Kier alpha value is -1.88. The summed E-state index contributed by atoms with van der Waals surface area (Å²) in [6.45, 7) is 1.80. The van der Waals surface area contributed by atoms with Crippen LogP contribution in [0.2, 0.25) is 0 Å². The first-order valence-corrected chi connectivity index (χ1v) is 5.16. The maximum Gasteiger partial charge on any atom is 0.232 e. The van der Waals surface area contributed by atoms with Crippen LogP contribution < -0.4 is 5.32 Å². The minimum absolute atomic E-state index is 0.232. The molecule has 1 saturated heterocycles. The lowest BCUT2D eigenvalue weighted by Gasteiger charge is -2.22. The molecule has 1 fully saturated rings. The maximum atomic E-state index is 9.17. The van der Waals surface area contributed by atoms with E-state index in [-0.39, 0.29) is 5.75 Å². The minimum atomic E-state index is 0.232. The van der Waals surface area contributed by atoms with Crippen LogP contribution in [-0.2, 0) is 0 Å². The highest BCUT2D eigenvalue weighted by Gasteiger charge is 2.25. The van der Waals surface area contributed by atoms with E-state index in [1.165, 1.54) is 0 Å². The van der Waals surface area contributed by atoms with Crippen LogP contribution in [0.4, 0.5) is 0 Å². The van der Waals surface area contributed by atoms with Crippen LogP contribution in [0, 0.1) is 0 Å². The SMILES string of the molecule is Oc1ccc(-c2noc(C3CNC3)n2)cc1. The molecule has 0 aliphatic carbocycles. The Morgan fingerprint density at radius 3 is 2.62 bits per heavy atom. The molecule has 0 atom stereocenters. The van der Waals surface area contributed by atoms with Crippen molar-refractivity contribution in [3.8, 4) is 17.1 Å². The topological polar surface area (TPSA) is 71.2 Å². The summed E-state index contributed by atoms with van der Waals surface area (Å²) in [5.74, 6) is 1.83. The number of hydrogen-bond acceptors (Lipinski definition) is 5. The smallest absolute Gasteiger partial charge is 0.232 e. The molecular formula is C11H11N3O2. The van der Waals surface area contributed by atoms with Crippen molar-refractivity contribution < 1.29 is 9.63 Å². The van der Waals surface area contributed by atoms with E-state index in [1.807, 2.05) is 0 Å². The molecule has 16 heavy (non-hydrogen) atoms. The Balaban J connectivity index is 1.88. The van der Waals surface area contributed by atoms with E-state index in [4.69, 9.17) is 4.52 Å². The molecule has 1 aliphatic heterocycles. The zero-order chi connectivity index (χ0) is 11.0. The second-order valence-corrected chi connectivity index (χ2v) is 3.86. The van der Waals surface area contributed by atoms with E-state index in [2.05, 4.69) is 15.5 Å². The highest BCUT2D eigenvalue weighted by molar-refractivity contribution is 5.55. The lowest BCUT2D eigenvalue weighted by Crippen LogP contribution is -2.40. The van der Waals surface area contributed by atoms with Gasteiger partial charge in [-0.05, 0) is 24.3 Å². The van der Waals surface area contributed by atoms with Crippen molar-refractivity contribution in [3.05, 3.63) is 30.2 Å². The molecule has 0 radical (unpaired) electrons. The molecule has 0 amide bonds. The van der Waals surface area contributed by atoms with Crippen molar-refractivity contribution in [2.45, 2.75) is 5.92 Å². The van der Waals surface area contributed by atoms with Crippen molar-refractivity contribution in [2.75, 3.05) is 13.1 Å². The number of nitrogens with zero attached hydrogens (tertiary/aromatic N) is 2. The van der Waals surface area contributed by atoms with Gasteiger partial charge >= 0.3 is 0 Å². The molecule has 0 saturated carbocycles. The molecule has 1 aromatic heterocycles. The fraction of sp³-hybridized carbons (Fsp3) is 0.273. The molecule has 1 aliphatic rings. The highest BCUT2D eigenvalue weighted by atomic mass is 16.5. The number of phenolic OH excluding ortho intramolecular Hbond substituents is 1. The number of nitrogens with one attached hydrogen (secondary N) is 1. The Morgan fingerprint density at radius 1 is 1.25 bits per heavy atom. The second kappa shape index (κ2) is 3.61. The van der Waals surface area contributed by atoms with E-state index in [1.54, 1.807) is 24.3 Å². The van der Waals surface area contributed by atoms with Crippen molar-refractivity contribution in [1.82, 2.24) is 15.5 Å². The van der Waals surface area contributed by atoms with Gasteiger partial charge in [0.2, 0.25) is 11.7 Å². The summed E-state index contributed by atoms with van der Waals surface area (Å²) in [5, 5.41) is 16.3. The average molecular weight is 217 g/mol. The predicted molar refractivity (Wildman–Crippen MR) is 57.0 cm³/mol. The highest BCUT2D eigenvalue weighted by Crippen LogP contribution is 2.23. The average Bonchev–Trinajstić information content (AvgIpc) is 2.65. The monoisotopic (exact) mass is 217 g/mol. The van der Waals surface area contributed by atoms with E-state index >= 15 is 0 Å². The summed E-state index contributed by atoms with van der Waals surface area (Å²) >= 11 is 0. The lowest BCUT2D eigenvalue weighted by molar-refractivity contribution is 0.308. The van der Waals surface area contributed by atoms with Crippen LogP contribution in [0.15, 0.2) is 28.8 Å². The van der Waals surface area contributed by atoms with E-state index in [0.717, 1.165) is 18.7 Å². The molecule has 0 spiro atoms. The maximum absolute atomic E-state index is 9.17. The molecule has 5 nitrogen and oxygen atoms in total. The fourth-order valence-electron chi connectivity index (χ4n) is 1.59. The van der Waals surface area contributed by atoms with Gasteiger partial charge in [-0.1, -0.05) is 5.16 Å². The van der Waals surface area contributed by atoms with Gasteiger partial charge in [0.25, 0.3) is 0 Å². The molecule has 0 unspecified atom stereocenters. The molecule has 82 valence electrons. The van der Waals surface area contributed by atoms with E-state index in [0.29, 0.717) is 17.6 Å². The number of rotatable bonds is 2. The van der Waals surface area contributed by atoms with E-state index < -0.39 is 0 Å². The van der Waals surface area contributed by atoms with Gasteiger partial charge in [0.1, 0.15) is 5.75 Å². The number of benzene rings is 1. The zero-order valence-electron chi connectivity index (χ0n) is 8.55. The fourth-order valence-corrected chi connectivity index (χ4v) is 1.59. The molecule has 5 heteroatoms. The van der Waals surface area contributed by atoms with Gasteiger partial charge in [0.15, 0.2) is 0 Å². The number of hydrogen-bond donors (Lipinski definition) is 2. The van der Waals surface area contributed by atoms with Crippen molar-refractivity contribution in [3.63, 3.8) is 0 Å². The third-order valence-electron chi connectivity index (χ3n) is 2.70. The van der Waals surface area contributed by atoms with Gasteiger partial charge < -0.3 is 14.9 Å². The van der Waals surface area contributed by atoms with Crippen LogP contribution in [0.3, 0.4) is 0 Å². The number of aromatic hydroxyl groups is 1. The van der Waals surface area contributed by atoms with Crippen molar-refractivity contribution in [1.29, 1.82) is 0 Å². The Bertz CT molecular complexity index is 488. The number of aromatic nitrogens is 2. The number of phenols is 1. The van der Waals surface area contributed by atoms with Gasteiger partial charge in [-0.2, -0.15) is 4.98 Å². The largest absolute Gasteiger partial charge is 0.508 e. The molecule has 1 aromatic carbocycles. The van der Waals surface area contributed by atoms with Gasteiger partial charge in [0, 0.05) is 18.7 Å².